The number of para-hydroxylation sites is 1. The molecule has 6 rings (SSSR count). The number of aromatic amines is 1. The number of hydrogen-bond acceptors (Lipinski definition) is 6. The summed E-state index contributed by atoms with van der Waals surface area (Å²) in [5.41, 5.74) is 9.87. The standard InChI is InChI=1S/C26H21F3N8/c1-14-5-4-6-15-9-16(22(35-21(14)15)18-7-2-3-8-19(18)26(27,28)29)12-37-25-20(24(30)31-13-32-25)23(36-37)17-10-33-34-11-17/h2-11,13,24H,12,30H2,1H3,(H,31,32)(H,33,34). The third kappa shape index (κ3) is 3.93. The summed E-state index contributed by atoms with van der Waals surface area (Å²) < 4.78 is 43.7. The van der Waals surface area contributed by atoms with Crippen LogP contribution in [0.25, 0.3) is 33.4 Å². The van der Waals surface area contributed by atoms with Gasteiger partial charge in [-0.15, -0.1) is 0 Å². The molecule has 0 fully saturated rings. The van der Waals surface area contributed by atoms with Gasteiger partial charge in [-0.05, 0) is 24.6 Å². The maximum atomic E-state index is 14.0. The fourth-order valence-electron chi connectivity index (χ4n) is 4.71. The van der Waals surface area contributed by atoms with Crippen molar-refractivity contribution in [3.63, 3.8) is 0 Å². The van der Waals surface area contributed by atoms with Crippen LogP contribution in [0.15, 0.2) is 65.9 Å². The van der Waals surface area contributed by atoms with Crippen molar-refractivity contribution in [1.29, 1.82) is 0 Å². The van der Waals surface area contributed by atoms with Gasteiger partial charge < -0.3 is 11.1 Å². The van der Waals surface area contributed by atoms with Crippen LogP contribution in [0, 0.1) is 6.92 Å². The van der Waals surface area contributed by atoms with Crippen molar-refractivity contribution in [2.45, 2.75) is 25.8 Å². The summed E-state index contributed by atoms with van der Waals surface area (Å²) in [6, 6.07) is 13.1. The molecule has 0 spiro atoms. The highest BCUT2D eigenvalue weighted by Crippen LogP contribution is 2.40. The summed E-state index contributed by atoms with van der Waals surface area (Å²) in [6.45, 7) is 2.03. The van der Waals surface area contributed by atoms with Crippen LogP contribution >= 0.6 is 0 Å². The molecule has 0 amide bonds. The van der Waals surface area contributed by atoms with Crippen LogP contribution < -0.4 is 11.1 Å². The smallest absolute Gasteiger partial charge is 0.331 e. The van der Waals surface area contributed by atoms with Crippen molar-refractivity contribution in [1.82, 2.24) is 25.0 Å². The number of rotatable bonds is 4. The molecule has 1 aliphatic rings. The normalized spacial score (nSPS) is 15.1. The van der Waals surface area contributed by atoms with Gasteiger partial charge in [-0.25, -0.2) is 9.67 Å². The second-order valence-electron chi connectivity index (χ2n) is 8.81. The van der Waals surface area contributed by atoms with Crippen molar-refractivity contribution in [3.05, 3.63) is 83.2 Å². The Labute approximate surface area is 209 Å². The van der Waals surface area contributed by atoms with Crippen LogP contribution in [0.3, 0.4) is 0 Å². The van der Waals surface area contributed by atoms with E-state index in [0.29, 0.717) is 28.2 Å². The zero-order valence-electron chi connectivity index (χ0n) is 19.6. The molecule has 5 aromatic rings. The lowest BCUT2D eigenvalue weighted by Gasteiger charge is -2.19. The molecular weight excluding hydrogens is 481 g/mol. The van der Waals surface area contributed by atoms with E-state index >= 15 is 0 Å². The number of hydrogen-bond donors (Lipinski definition) is 3. The van der Waals surface area contributed by atoms with Gasteiger partial charge in [-0.1, -0.05) is 36.4 Å². The fraction of sp³-hybridized carbons (Fsp3) is 0.154. The van der Waals surface area contributed by atoms with Crippen LogP contribution in [0.1, 0.15) is 28.4 Å². The number of fused-ring (bicyclic) bond motifs is 2. The Morgan fingerprint density at radius 3 is 2.70 bits per heavy atom. The summed E-state index contributed by atoms with van der Waals surface area (Å²) in [6.07, 6.45) is -0.378. The number of aryl methyl sites for hydroxylation is 1. The van der Waals surface area contributed by atoms with Crippen molar-refractivity contribution >= 4 is 23.1 Å². The first-order valence-electron chi connectivity index (χ1n) is 11.5. The second-order valence-corrected chi connectivity index (χ2v) is 8.81. The molecule has 186 valence electrons. The molecule has 11 heteroatoms. The number of H-pyrrole nitrogens is 1. The first kappa shape index (κ1) is 22.9. The van der Waals surface area contributed by atoms with Gasteiger partial charge >= 0.3 is 6.18 Å². The minimum atomic E-state index is -4.54. The predicted octanol–water partition coefficient (Wildman–Crippen LogP) is 5.28. The van der Waals surface area contributed by atoms with Gasteiger partial charge in [0.15, 0.2) is 0 Å². The number of halogens is 3. The summed E-state index contributed by atoms with van der Waals surface area (Å²) in [7, 11) is 0. The highest BCUT2D eigenvalue weighted by Gasteiger charge is 2.34. The van der Waals surface area contributed by atoms with E-state index in [1.165, 1.54) is 18.5 Å². The molecule has 3 aromatic heterocycles. The molecule has 0 radical (unpaired) electrons. The van der Waals surface area contributed by atoms with Crippen LogP contribution in [0.2, 0.25) is 0 Å². The largest absolute Gasteiger partial charge is 0.417 e. The second kappa shape index (κ2) is 8.56. The summed E-state index contributed by atoms with van der Waals surface area (Å²) in [5.74, 6) is 0.609. The summed E-state index contributed by atoms with van der Waals surface area (Å²) >= 11 is 0. The van der Waals surface area contributed by atoms with Gasteiger partial charge in [0.1, 0.15) is 17.7 Å². The number of benzene rings is 2. The van der Waals surface area contributed by atoms with E-state index in [1.54, 1.807) is 23.1 Å². The Morgan fingerprint density at radius 1 is 1.08 bits per heavy atom. The van der Waals surface area contributed by atoms with E-state index < -0.39 is 17.9 Å². The SMILES string of the molecule is Cc1cccc2cc(Cn3nc(-c4cn[nH]c4)c4c3NC=NC4N)c(-c3ccccc3C(F)(F)F)nc12. The van der Waals surface area contributed by atoms with E-state index in [-0.39, 0.29) is 17.8 Å². The van der Waals surface area contributed by atoms with E-state index in [0.717, 1.165) is 22.6 Å². The lowest BCUT2D eigenvalue weighted by molar-refractivity contribution is -0.137. The first-order valence-corrected chi connectivity index (χ1v) is 11.5. The molecule has 1 aliphatic heterocycles. The monoisotopic (exact) mass is 502 g/mol. The van der Waals surface area contributed by atoms with Gasteiger partial charge in [-0.3, -0.25) is 10.1 Å². The number of aliphatic imine (C=N–C) groups is 1. The molecule has 37 heavy (non-hydrogen) atoms. The number of alkyl halides is 3. The third-order valence-corrected chi connectivity index (χ3v) is 6.43. The lowest BCUT2D eigenvalue weighted by Crippen LogP contribution is -2.18. The van der Waals surface area contributed by atoms with Crippen molar-refractivity contribution in [3.8, 4) is 22.5 Å². The Morgan fingerprint density at radius 2 is 1.92 bits per heavy atom. The van der Waals surface area contributed by atoms with Crippen LogP contribution in [-0.2, 0) is 12.7 Å². The average molecular weight is 503 g/mol. The molecule has 0 aliphatic carbocycles. The number of pyridine rings is 1. The molecule has 0 bridgehead atoms. The number of nitrogens with one attached hydrogen (secondary N) is 2. The molecular formula is C26H21F3N8. The van der Waals surface area contributed by atoms with Crippen molar-refractivity contribution in [2.24, 2.45) is 10.7 Å². The van der Waals surface area contributed by atoms with E-state index in [4.69, 9.17) is 15.8 Å². The Hall–Kier alpha value is -4.51. The Bertz CT molecular complexity index is 1650. The lowest BCUT2D eigenvalue weighted by atomic mass is 9.97. The number of aromatic nitrogens is 5. The third-order valence-electron chi connectivity index (χ3n) is 6.43. The molecule has 0 saturated heterocycles. The Balaban J connectivity index is 1.57. The van der Waals surface area contributed by atoms with Crippen LogP contribution in [0.4, 0.5) is 19.0 Å². The topological polar surface area (TPSA) is 110 Å². The van der Waals surface area contributed by atoms with Crippen LogP contribution in [0.5, 0.6) is 0 Å². The minimum Gasteiger partial charge on any atom is -0.331 e. The highest BCUT2D eigenvalue weighted by molar-refractivity contribution is 5.87. The van der Waals surface area contributed by atoms with Gasteiger partial charge in [0, 0.05) is 28.3 Å². The van der Waals surface area contributed by atoms with Crippen molar-refractivity contribution in [2.75, 3.05) is 5.32 Å². The van der Waals surface area contributed by atoms with E-state index in [2.05, 4.69) is 20.5 Å². The number of nitrogens with two attached hydrogens (primary N) is 1. The quantitative estimate of drug-likeness (QED) is 0.310. The minimum absolute atomic E-state index is 0.0115. The van der Waals surface area contributed by atoms with E-state index in [1.807, 2.05) is 31.2 Å². The number of anilines is 1. The van der Waals surface area contributed by atoms with Gasteiger partial charge in [0.25, 0.3) is 0 Å². The average Bonchev–Trinajstić information content (AvgIpc) is 3.53. The van der Waals surface area contributed by atoms with Gasteiger partial charge in [-0.2, -0.15) is 23.4 Å². The molecule has 1 unspecified atom stereocenters. The summed E-state index contributed by atoms with van der Waals surface area (Å²) in [5, 5.41) is 15.5. The molecule has 8 nitrogen and oxygen atoms in total. The zero-order valence-corrected chi connectivity index (χ0v) is 19.6. The molecule has 4 heterocycles. The Kier molecular flexibility index (Phi) is 5.30. The van der Waals surface area contributed by atoms with Gasteiger partial charge in [0.05, 0.1) is 41.4 Å². The maximum Gasteiger partial charge on any atom is 0.417 e. The highest BCUT2D eigenvalue weighted by atomic mass is 19.4. The molecule has 4 N–H and O–H groups in total. The first-order chi connectivity index (χ1) is 17.8. The van der Waals surface area contributed by atoms with Crippen LogP contribution in [-0.4, -0.2) is 31.3 Å². The van der Waals surface area contributed by atoms with Gasteiger partial charge in [0.2, 0.25) is 0 Å². The number of nitrogens with zero attached hydrogens (tertiary/aromatic N) is 5. The molecule has 2 aromatic carbocycles. The summed E-state index contributed by atoms with van der Waals surface area (Å²) in [4.78, 5) is 9.01. The maximum absolute atomic E-state index is 14.0. The van der Waals surface area contributed by atoms with Crippen molar-refractivity contribution < 1.29 is 13.2 Å². The molecule has 0 saturated carbocycles. The molecule has 1 atom stereocenters. The van der Waals surface area contributed by atoms with E-state index in [9.17, 15) is 13.2 Å². The fourth-order valence-corrected chi connectivity index (χ4v) is 4.71. The predicted molar refractivity (Wildman–Crippen MR) is 135 cm³/mol. The zero-order chi connectivity index (χ0) is 25.7.